The molecule has 0 fully saturated rings. The summed E-state index contributed by atoms with van der Waals surface area (Å²) in [6.45, 7) is 0.0343. The molecule has 4 aromatic rings. The predicted molar refractivity (Wildman–Crippen MR) is 148 cm³/mol. The Kier molecular flexibility index (Phi) is 8.03. The SMILES string of the molecule is N#Cc1ccc(/C=C/c2cc(/C=C/c3ccc(C#N)cc3)cc(/C=C/c3ccc(CO)cc3)c2)cc1. The van der Waals surface area contributed by atoms with E-state index in [1.54, 1.807) is 0 Å². The molecule has 0 aliphatic heterocycles. The average Bonchev–Trinajstić information content (AvgIpc) is 2.94. The number of rotatable bonds is 7. The van der Waals surface area contributed by atoms with Gasteiger partial charge >= 0.3 is 0 Å². The van der Waals surface area contributed by atoms with Gasteiger partial charge in [-0.3, -0.25) is 0 Å². The van der Waals surface area contributed by atoms with Gasteiger partial charge < -0.3 is 5.11 Å². The Morgan fingerprint density at radius 3 is 1.08 bits per heavy atom. The van der Waals surface area contributed by atoms with E-state index in [4.69, 9.17) is 10.5 Å². The Morgan fingerprint density at radius 2 is 0.778 bits per heavy atom. The van der Waals surface area contributed by atoms with Gasteiger partial charge in [-0.15, -0.1) is 0 Å². The van der Waals surface area contributed by atoms with Crippen LogP contribution >= 0.6 is 0 Å². The van der Waals surface area contributed by atoms with Gasteiger partial charge in [-0.2, -0.15) is 10.5 Å². The molecule has 4 aromatic carbocycles. The van der Waals surface area contributed by atoms with Crippen LogP contribution in [0, 0.1) is 22.7 Å². The topological polar surface area (TPSA) is 67.8 Å². The van der Waals surface area contributed by atoms with E-state index in [1.165, 1.54) is 0 Å². The Morgan fingerprint density at radius 1 is 0.472 bits per heavy atom. The molecule has 0 saturated heterocycles. The Hall–Kier alpha value is -4.96. The second-order valence-electron chi connectivity index (χ2n) is 8.30. The van der Waals surface area contributed by atoms with Crippen LogP contribution in [0.1, 0.15) is 50.1 Å². The lowest BCUT2D eigenvalue weighted by molar-refractivity contribution is 0.282. The fourth-order valence-electron chi connectivity index (χ4n) is 3.64. The summed E-state index contributed by atoms with van der Waals surface area (Å²) in [6.07, 6.45) is 12.3. The van der Waals surface area contributed by atoms with Gasteiger partial charge in [-0.1, -0.05) is 85.0 Å². The Bertz CT molecular complexity index is 1410. The van der Waals surface area contributed by atoms with Crippen LogP contribution in [0.3, 0.4) is 0 Å². The molecule has 0 saturated carbocycles. The molecule has 0 aromatic heterocycles. The van der Waals surface area contributed by atoms with E-state index < -0.39 is 0 Å². The molecule has 36 heavy (non-hydrogen) atoms. The smallest absolute Gasteiger partial charge is 0.0991 e. The lowest BCUT2D eigenvalue weighted by Gasteiger charge is -2.04. The third-order valence-corrected chi connectivity index (χ3v) is 5.65. The minimum atomic E-state index is 0.0343. The number of aliphatic hydroxyl groups is 1. The van der Waals surface area contributed by atoms with Crippen LogP contribution in [0.5, 0.6) is 0 Å². The number of nitriles is 2. The van der Waals surface area contributed by atoms with Gasteiger partial charge in [0, 0.05) is 0 Å². The molecule has 3 nitrogen and oxygen atoms in total. The first-order chi connectivity index (χ1) is 17.6. The molecule has 0 spiro atoms. The van der Waals surface area contributed by atoms with Gasteiger partial charge in [-0.05, 0) is 81.4 Å². The largest absolute Gasteiger partial charge is 0.392 e. The summed E-state index contributed by atoms with van der Waals surface area (Å²) in [5.41, 5.74) is 8.43. The van der Waals surface area contributed by atoms with Crippen molar-refractivity contribution in [3.63, 3.8) is 0 Å². The summed E-state index contributed by atoms with van der Waals surface area (Å²) in [5, 5.41) is 27.3. The molecule has 1 N–H and O–H groups in total. The highest BCUT2D eigenvalue weighted by molar-refractivity contribution is 5.78. The number of hydrogen-bond acceptors (Lipinski definition) is 3. The van der Waals surface area contributed by atoms with E-state index >= 15 is 0 Å². The summed E-state index contributed by atoms with van der Waals surface area (Å²) in [4.78, 5) is 0. The van der Waals surface area contributed by atoms with E-state index in [2.05, 4.69) is 54.6 Å². The van der Waals surface area contributed by atoms with Crippen molar-refractivity contribution in [2.45, 2.75) is 6.61 Å². The molecule has 0 heterocycles. The van der Waals surface area contributed by atoms with Crippen LogP contribution in [-0.4, -0.2) is 5.11 Å². The predicted octanol–water partition coefficient (Wildman–Crippen LogP) is 7.43. The van der Waals surface area contributed by atoms with Crippen molar-refractivity contribution in [2.24, 2.45) is 0 Å². The Balaban J connectivity index is 1.63. The maximum atomic E-state index is 9.26. The van der Waals surface area contributed by atoms with Crippen molar-refractivity contribution >= 4 is 36.5 Å². The van der Waals surface area contributed by atoms with Crippen LogP contribution < -0.4 is 0 Å². The zero-order valence-corrected chi connectivity index (χ0v) is 19.7. The van der Waals surface area contributed by atoms with Crippen LogP contribution in [-0.2, 0) is 6.61 Å². The van der Waals surface area contributed by atoms with Gasteiger partial charge in [0.15, 0.2) is 0 Å². The minimum absolute atomic E-state index is 0.0343. The standard InChI is InChI=1S/C33H24N2O/c34-22-28-10-1-25(2-11-28)7-16-31-19-32(17-8-26-3-12-29(23-35)13-4-26)21-33(20-31)18-9-27-5-14-30(24-36)15-6-27/h1-21,36H,24H2/b16-7+,17-8+,18-9+. The highest BCUT2D eigenvalue weighted by Crippen LogP contribution is 2.19. The molecule has 0 unspecified atom stereocenters. The van der Waals surface area contributed by atoms with Gasteiger partial charge in [0.1, 0.15) is 0 Å². The zero-order chi connectivity index (χ0) is 25.2. The van der Waals surface area contributed by atoms with Crippen molar-refractivity contribution in [3.05, 3.63) is 141 Å². The van der Waals surface area contributed by atoms with Crippen LogP contribution in [0.25, 0.3) is 36.5 Å². The number of benzene rings is 4. The molecule has 0 aliphatic rings. The summed E-state index contributed by atoms with van der Waals surface area (Å²) in [7, 11) is 0. The molecule has 3 heteroatoms. The maximum absolute atomic E-state index is 9.26. The van der Waals surface area contributed by atoms with Crippen molar-refractivity contribution in [1.29, 1.82) is 10.5 Å². The van der Waals surface area contributed by atoms with Crippen molar-refractivity contribution < 1.29 is 5.11 Å². The molecular formula is C33H24N2O. The van der Waals surface area contributed by atoms with Crippen molar-refractivity contribution in [2.75, 3.05) is 0 Å². The number of aliphatic hydroxyl groups excluding tert-OH is 1. The highest BCUT2D eigenvalue weighted by Gasteiger charge is 1.98. The van der Waals surface area contributed by atoms with Gasteiger partial charge in [0.05, 0.1) is 29.9 Å². The lowest BCUT2D eigenvalue weighted by Crippen LogP contribution is -1.83. The van der Waals surface area contributed by atoms with E-state index in [0.29, 0.717) is 11.1 Å². The average molecular weight is 465 g/mol. The van der Waals surface area contributed by atoms with Gasteiger partial charge in [0.25, 0.3) is 0 Å². The molecule has 0 bridgehead atoms. The summed E-state index contributed by atoms with van der Waals surface area (Å²) < 4.78 is 0. The first-order valence-corrected chi connectivity index (χ1v) is 11.5. The summed E-state index contributed by atoms with van der Waals surface area (Å²) in [6, 6.07) is 33.4. The van der Waals surface area contributed by atoms with Crippen molar-refractivity contribution in [1.82, 2.24) is 0 Å². The molecule has 0 aliphatic carbocycles. The molecule has 172 valence electrons. The third kappa shape index (κ3) is 6.78. The van der Waals surface area contributed by atoms with Gasteiger partial charge in [0.2, 0.25) is 0 Å². The summed E-state index contributed by atoms with van der Waals surface area (Å²) in [5.74, 6) is 0. The second kappa shape index (κ2) is 12.0. The van der Waals surface area contributed by atoms with Crippen molar-refractivity contribution in [3.8, 4) is 12.1 Å². The fraction of sp³-hybridized carbons (Fsp3) is 0.0303. The van der Waals surface area contributed by atoms with E-state index in [9.17, 15) is 5.11 Å². The van der Waals surface area contributed by atoms with Crippen LogP contribution in [0.2, 0.25) is 0 Å². The third-order valence-electron chi connectivity index (χ3n) is 5.65. The molecule has 4 rings (SSSR count). The van der Waals surface area contributed by atoms with Crippen LogP contribution in [0.15, 0.2) is 91.0 Å². The monoisotopic (exact) mass is 464 g/mol. The number of nitrogens with zero attached hydrogens (tertiary/aromatic N) is 2. The summed E-state index contributed by atoms with van der Waals surface area (Å²) >= 11 is 0. The lowest BCUT2D eigenvalue weighted by atomic mass is 10.0. The van der Waals surface area contributed by atoms with Gasteiger partial charge in [-0.25, -0.2) is 0 Å². The van der Waals surface area contributed by atoms with Crippen LogP contribution in [0.4, 0.5) is 0 Å². The molecular weight excluding hydrogens is 440 g/mol. The number of hydrogen-bond donors (Lipinski definition) is 1. The quantitative estimate of drug-likeness (QED) is 0.289. The maximum Gasteiger partial charge on any atom is 0.0991 e. The van der Waals surface area contributed by atoms with E-state index in [0.717, 1.165) is 38.9 Å². The normalized spacial score (nSPS) is 11.2. The second-order valence-corrected chi connectivity index (χ2v) is 8.30. The molecule has 0 atom stereocenters. The first-order valence-electron chi connectivity index (χ1n) is 11.5. The molecule has 0 amide bonds. The zero-order valence-electron chi connectivity index (χ0n) is 19.7. The highest BCUT2D eigenvalue weighted by atomic mass is 16.3. The first kappa shape index (κ1) is 24.2. The Labute approximate surface area is 211 Å². The fourth-order valence-corrected chi connectivity index (χ4v) is 3.64. The molecule has 0 radical (unpaired) electrons. The van der Waals surface area contributed by atoms with E-state index in [-0.39, 0.29) is 6.61 Å². The van der Waals surface area contributed by atoms with E-state index in [1.807, 2.05) is 84.9 Å². The minimum Gasteiger partial charge on any atom is -0.392 e.